The Labute approximate surface area is 150 Å². The molecule has 0 spiro atoms. The van der Waals surface area contributed by atoms with Crippen LogP contribution in [0.5, 0.6) is 0 Å². The van der Waals surface area contributed by atoms with E-state index in [4.69, 9.17) is 9.47 Å². The van der Waals surface area contributed by atoms with Gasteiger partial charge in [-0.2, -0.15) is 0 Å². The second-order valence-electron chi connectivity index (χ2n) is 9.81. The monoisotopic (exact) mass is 346 g/mol. The molecule has 8 atom stereocenters. The predicted molar refractivity (Wildman–Crippen MR) is 93.4 cm³/mol. The van der Waals surface area contributed by atoms with Crippen LogP contribution in [0.1, 0.15) is 53.4 Å². The molecule has 4 fully saturated rings. The van der Waals surface area contributed by atoms with Crippen LogP contribution in [0, 0.1) is 41.4 Å². The Morgan fingerprint density at radius 3 is 2.20 bits per heavy atom. The SMILES string of the molecule is C=C(C)C(=O)OC1CC2CC1C1C3CC(C(=O)OC(C)(C)C)C(C3)C21. The quantitative estimate of drug-likeness (QED) is 0.444. The zero-order chi connectivity index (χ0) is 18.1. The highest BCUT2D eigenvalue weighted by Gasteiger charge is 2.66. The van der Waals surface area contributed by atoms with Crippen LogP contribution in [0.15, 0.2) is 12.2 Å². The number of carbonyl (C=O) groups excluding carboxylic acids is 2. The molecule has 4 saturated carbocycles. The van der Waals surface area contributed by atoms with Gasteiger partial charge in [0.2, 0.25) is 0 Å². The molecule has 4 aliphatic rings. The first-order chi connectivity index (χ1) is 11.7. The number of hydrogen-bond acceptors (Lipinski definition) is 4. The van der Waals surface area contributed by atoms with Gasteiger partial charge in [0.1, 0.15) is 11.7 Å². The van der Waals surface area contributed by atoms with Gasteiger partial charge in [-0.05, 0) is 88.9 Å². The normalized spacial score (nSPS) is 43.8. The van der Waals surface area contributed by atoms with Crippen molar-refractivity contribution in [2.75, 3.05) is 0 Å². The van der Waals surface area contributed by atoms with Crippen LogP contribution in [-0.2, 0) is 19.1 Å². The Hall–Kier alpha value is -1.32. The molecular formula is C21H30O4. The van der Waals surface area contributed by atoms with Gasteiger partial charge >= 0.3 is 11.9 Å². The molecule has 0 aromatic heterocycles. The number of hydrogen-bond donors (Lipinski definition) is 0. The van der Waals surface area contributed by atoms with Crippen molar-refractivity contribution < 1.29 is 19.1 Å². The minimum absolute atomic E-state index is 0.00600. The highest BCUT2D eigenvalue weighted by atomic mass is 16.6. The highest BCUT2D eigenvalue weighted by Crippen LogP contribution is 2.69. The number of fused-ring (bicyclic) bond motifs is 9. The van der Waals surface area contributed by atoms with Crippen molar-refractivity contribution in [1.82, 2.24) is 0 Å². The van der Waals surface area contributed by atoms with Crippen molar-refractivity contribution in [3.8, 4) is 0 Å². The van der Waals surface area contributed by atoms with E-state index in [1.54, 1.807) is 6.92 Å². The molecule has 4 bridgehead atoms. The molecule has 4 heteroatoms. The summed E-state index contributed by atoms with van der Waals surface area (Å²) in [6.07, 6.45) is 4.32. The average molecular weight is 346 g/mol. The van der Waals surface area contributed by atoms with Gasteiger partial charge in [-0.3, -0.25) is 4.79 Å². The largest absolute Gasteiger partial charge is 0.460 e. The predicted octanol–water partition coefficient (Wildman–Crippen LogP) is 3.74. The van der Waals surface area contributed by atoms with Crippen molar-refractivity contribution in [3.63, 3.8) is 0 Å². The van der Waals surface area contributed by atoms with Crippen LogP contribution in [0.2, 0.25) is 0 Å². The smallest absolute Gasteiger partial charge is 0.333 e. The van der Waals surface area contributed by atoms with E-state index < -0.39 is 5.60 Å². The average Bonchev–Trinajstić information content (AvgIpc) is 3.22. The van der Waals surface area contributed by atoms with E-state index in [0.717, 1.165) is 25.7 Å². The second kappa shape index (κ2) is 5.59. The second-order valence-corrected chi connectivity index (χ2v) is 9.81. The summed E-state index contributed by atoms with van der Waals surface area (Å²) < 4.78 is 11.4. The molecule has 0 N–H and O–H groups in total. The number of ether oxygens (including phenoxy) is 2. The summed E-state index contributed by atoms with van der Waals surface area (Å²) in [6.45, 7) is 11.2. The van der Waals surface area contributed by atoms with Crippen LogP contribution in [0.3, 0.4) is 0 Å². The fourth-order valence-corrected chi connectivity index (χ4v) is 6.56. The Morgan fingerprint density at radius 2 is 1.56 bits per heavy atom. The topological polar surface area (TPSA) is 52.6 Å². The van der Waals surface area contributed by atoms with E-state index in [-0.39, 0.29) is 24.0 Å². The standard InChI is InChI=1S/C21H30O4/c1-10(2)19(22)24-16-9-12-8-15(16)18-11-6-13(17(12)18)14(7-11)20(23)25-21(3,4)5/h11-18H,1,6-9H2,2-5H3. The van der Waals surface area contributed by atoms with Crippen molar-refractivity contribution in [2.24, 2.45) is 41.4 Å². The van der Waals surface area contributed by atoms with E-state index >= 15 is 0 Å². The lowest BCUT2D eigenvalue weighted by atomic mass is 9.67. The van der Waals surface area contributed by atoms with Crippen LogP contribution in [0.25, 0.3) is 0 Å². The zero-order valence-corrected chi connectivity index (χ0v) is 15.8. The summed E-state index contributed by atoms with van der Waals surface area (Å²) in [5, 5.41) is 0. The van der Waals surface area contributed by atoms with Crippen LogP contribution in [0.4, 0.5) is 0 Å². The van der Waals surface area contributed by atoms with Gasteiger partial charge in [0.05, 0.1) is 5.92 Å². The first kappa shape index (κ1) is 17.1. The summed E-state index contributed by atoms with van der Waals surface area (Å²) in [7, 11) is 0. The minimum Gasteiger partial charge on any atom is -0.460 e. The molecule has 0 aromatic carbocycles. The number of rotatable bonds is 3. The Kier molecular flexibility index (Phi) is 3.82. The molecule has 4 nitrogen and oxygen atoms in total. The molecule has 0 saturated heterocycles. The maximum Gasteiger partial charge on any atom is 0.333 e. The minimum atomic E-state index is -0.408. The molecule has 8 unspecified atom stereocenters. The summed E-state index contributed by atoms with van der Waals surface area (Å²) in [5.74, 6) is 3.32. The summed E-state index contributed by atoms with van der Waals surface area (Å²) >= 11 is 0. The van der Waals surface area contributed by atoms with E-state index in [1.807, 2.05) is 20.8 Å². The third-order valence-electron chi connectivity index (χ3n) is 7.07. The van der Waals surface area contributed by atoms with Gasteiger partial charge in [-0.25, -0.2) is 4.79 Å². The third kappa shape index (κ3) is 2.72. The molecule has 0 amide bonds. The molecular weight excluding hydrogens is 316 g/mol. The van der Waals surface area contributed by atoms with Crippen molar-refractivity contribution in [3.05, 3.63) is 12.2 Å². The van der Waals surface area contributed by atoms with Gasteiger partial charge in [0.25, 0.3) is 0 Å². The molecule has 0 aromatic rings. The summed E-state index contributed by atoms with van der Waals surface area (Å²) in [6, 6.07) is 0. The Bertz CT molecular complexity index is 616. The first-order valence-corrected chi connectivity index (χ1v) is 9.75. The van der Waals surface area contributed by atoms with Crippen molar-refractivity contribution in [1.29, 1.82) is 0 Å². The van der Waals surface area contributed by atoms with Crippen molar-refractivity contribution in [2.45, 2.75) is 65.1 Å². The number of esters is 2. The van der Waals surface area contributed by atoms with Crippen LogP contribution < -0.4 is 0 Å². The Balaban J connectivity index is 1.45. The molecule has 0 heterocycles. The Morgan fingerprint density at radius 1 is 0.960 bits per heavy atom. The summed E-state index contributed by atoms with van der Waals surface area (Å²) in [5.41, 5.74) is 0.0757. The molecule has 4 aliphatic carbocycles. The number of carbonyl (C=O) groups is 2. The lowest BCUT2D eigenvalue weighted by molar-refractivity contribution is -0.164. The van der Waals surface area contributed by atoms with Crippen LogP contribution in [-0.4, -0.2) is 23.6 Å². The van der Waals surface area contributed by atoms with E-state index in [0.29, 0.717) is 41.1 Å². The maximum atomic E-state index is 12.6. The molecule has 0 aliphatic heterocycles. The van der Waals surface area contributed by atoms with E-state index in [1.165, 1.54) is 0 Å². The van der Waals surface area contributed by atoms with Gasteiger partial charge < -0.3 is 9.47 Å². The lowest BCUT2D eigenvalue weighted by Crippen LogP contribution is -2.42. The fourth-order valence-electron chi connectivity index (χ4n) is 6.56. The third-order valence-corrected chi connectivity index (χ3v) is 7.07. The fraction of sp³-hybridized carbons (Fsp3) is 0.810. The molecule has 25 heavy (non-hydrogen) atoms. The molecule has 0 radical (unpaired) electrons. The van der Waals surface area contributed by atoms with Gasteiger partial charge in [-0.1, -0.05) is 6.58 Å². The lowest BCUT2D eigenvalue weighted by Gasteiger charge is -2.40. The first-order valence-electron chi connectivity index (χ1n) is 9.75. The van der Waals surface area contributed by atoms with Crippen molar-refractivity contribution >= 4 is 11.9 Å². The maximum absolute atomic E-state index is 12.6. The summed E-state index contributed by atoms with van der Waals surface area (Å²) in [4.78, 5) is 24.5. The zero-order valence-electron chi connectivity index (χ0n) is 15.8. The van der Waals surface area contributed by atoms with Gasteiger partial charge in [0, 0.05) is 5.57 Å². The molecule has 138 valence electrons. The van der Waals surface area contributed by atoms with Gasteiger partial charge in [-0.15, -0.1) is 0 Å². The highest BCUT2D eigenvalue weighted by molar-refractivity contribution is 5.87. The molecule has 4 rings (SSSR count). The van der Waals surface area contributed by atoms with Gasteiger partial charge in [0.15, 0.2) is 0 Å². The van der Waals surface area contributed by atoms with Crippen LogP contribution >= 0.6 is 0 Å². The van der Waals surface area contributed by atoms with E-state index in [9.17, 15) is 9.59 Å². The van der Waals surface area contributed by atoms with E-state index in [2.05, 4.69) is 6.58 Å².